The van der Waals surface area contributed by atoms with Gasteiger partial charge >= 0.3 is 0 Å². The molecule has 0 saturated carbocycles. The molecule has 0 aliphatic carbocycles. The first-order chi connectivity index (χ1) is 15.8. The predicted octanol–water partition coefficient (Wildman–Crippen LogP) is 3.61. The molecule has 8 nitrogen and oxygen atoms in total. The third-order valence-corrected chi connectivity index (χ3v) is 4.95. The molecule has 3 aromatic rings. The second-order valence-corrected chi connectivity index (χ2v) is 7.73. The molecule has 1 aromatic heterocycles. The van der Waals surface area contributed by atoms with Crippen LogP contribution >= 0.6 is 23.2 Å². The Kier molecular flexibility index (Phi) is 8.02. The second-order valence-electron chi connectivity index (χ2n) is 6.89. The Balaban J connectivity index is 1.55. The van der Waals surface area contributed by atoms with E-state index in [1.165, 1.54) is 18.2 Å². The van der Waals surface area contributed by atoms with Gasteiger partial charge in [0.2, 0.25) is 11.3 Å². The van der Waals surface area contributed by atoms with Crippen LogP contribution in [0.5, 0.6) is 5.75 Å². The van der Waals surface area contributed by atoms with Crippen molar-refractivity contribution in [3.63, 3.8) is 0 Å². The summed E-state index contributed by atoms with van der Waals surface area (Å²) in [6.07, 6.45) is 0.371. The molecule has 33 heavy (non-hydrogen) atoms. The lowest BCUT2D eigenvalue weighted by molar-refractivity contribution is -0.122. The topological polar surface area (TPSA) is 102 Å². The highest BCUT2D eigenvalue weighted by molar-refractivity contribution is 6.35. The Hall–Kier alpha value is -3.43. The summed E-state index contributed by atoms with van der Waals surface area (Å²) in [6.45, 7) is 1.76. The molecule has 11 heteroatoms. The van der Waals surface area contributed by atoms with Gasteiger partial charge in [-0.05, 0) is 43.7 Å². The summed E-state index contributed by atoms with van der Waals surface area (Å²) in [7, 11) is 0. The fraction of sp³-hybridized carbons (Fsp3) is 0.182. The van der Waals surface area contributed by atoms with E-state index in [0.717, 1.165) is 10.7 Å². The van der Waals surface area contributed by atoms with Crippen molar-refractivity contribution in [2.24, 2.45) is 0 Å². The number of rotatable bonds is 7. The first-order valence-electron chi connectivity index (χ1n) is 9.79. The van der Waals surface area contributed by atoms with Gasteiger partial charge in [-0.15, -0.1) is 0 Å². The minimum absolute atomic E-state index is 0.0340. The van der Waals surface area contributed by atoms with Crippen molar-refractivity contribution in [3.05, 3.63) is 86.0 Å². The average Bonchev–Trinajstić information content (AvgIpc) is 2.77. The molecule has 0 aliphatic rings. The van der Waals surface area contributed by atoms with Gasteiger partial charge in [-0.3, -0.25) is 25.2 Å². The van der Waals surface area contributed by atoms with E-state index in [1.807, 2.05) is 0 Å². The molecule has 1 heterocycles. The highest BCUT2D eigenvalue weighted by atomic mass is 35.5. The molecule has 0 radical (unpaired) electrons. The molecule has 0 aliphatic heterocycles. The van der Waals surface area contributed by atoms with Crippen LogP contribution in [0.25, 0.3) is 5.69 Å². The van der Waals surface area contributed by atoms with Crippen LogP contribution in [-0.2, 0) is 4.79 Å². The number of halogens is 3. The first kappa shape index (κ1) is 24.2. The molecule has 0 saturated heterocycles. The highest BCUT2D eigenvalue weighted by Gasteiger charge is 2.17. The average molecular weight is 493 g/mol. The fourth-order valence-electron chi connectivity index (χ4n) is 2.83. The van der Waals surface area contributed by atoms with Crippen LogP contribution in [-0.4, -0.2) is 28.2 Å². The van der Waals surface area contributed by atoms with Gasteiger partial charge in [0, 0.05) is 23.2 Å². The number of carbonyl (C=O) groups is 2. The van der Waals surface area contributed by atoms with Gasteiger partial charge < -0.3 is 4.74 Å². The van der Waals surface area contributed by atoms with Gasteiger partial charge in [-0.1, -0.05) is 35.3 Å². The second kappa shape index (κ2) is 10.9. The van der Waals surface area contributed by atoms with Crippen molar-refractivity contribution in [1.82, 2.24) is 20.6 Å². The summed E-state index contributed by atoms with van der Waals surface area (Å²) >= 11 is 11.8. The minimum Gasteiger partial charge on any atom is -0.492 e. The van der Waals surface area contributed by atoms with Crippen LogP contribution in [0.2, 0.25) is 10.0 Å². The van der Waals surface area contributed by atoms with E-state index in [0.29, 0.717) is 27.9 Å². The Morgan fingerprint density at radius 1 is 1.12 bits per heavy atom. The number of carbonyl (C=O) groups excluding carboxylic acids is 2. The number of aromatic nitrogens is 2. The molecule has 2 amide bonds. The van der Waals surface area contributed by atoms with Crippen LogP contribution in [0.1, 0.15) is 29.0 Å². The molecule has 2 aromatic carbocycles. The van der Waals surface area contributed by atoms with Gasteiger partial charge in [-0.25, -0.2) is 9.07 Å². The lowest BCUT2D eigenvalue weighted by Gasteiger charge is -2.12. The summed E-state index contributed by atoms with van der Waals surface area (Å²) in [4.78, 5) is 36.6. The van der Waals surface area contributed by atoms with E-state index in [-0.39, 0.29) is 18.7 Å². The number of para-hydroxylation sites is 1. The number of hydrazine groups is 1. The zero-order valence-corrected chi connectivity index (χ0v) is 18.9. The van der Waals surface area contributed by atoms with E-state index in [4.69, 9.17) is 27.9 Å². The Morgan fingerprint density at radius 3 is 2.61 bits per heavy atom. The SMILES string of the molecule is Cc1cc(=O)c(C(=O)NNC(=O)CCCOc2ccc(Cl)cc2Cl)nn1-c1ccccc1F. The number of amides is 2. The van der Waals surface area contributed by atoms with Gasteiger partial charge in [0.15, 0.2) is 5.69 Å². The molecule has 3 rings (SSSR count). The van der Waals surface area contributed by atoms with E-state index in [2.05, 4.69) is 16.0 Å². The van der Waals surface area contributed by atoms with Crippen LogP contribution in [0.4, 0.5) is 4.39 Å². The fourth-order valence-corrected chi connectivity index (χ4v) is 3.29. The maximum Gasteiger partial charge on any atom is 0.294 e. The van der Waals surface area contributed by atoms with Crippen molar-refractivity contribution in [2.45, 2.75) is 19.8 Å². The summed E-state index contributed by atoms with van der Waals surface area (Å²) in [5.74, 6) is -1.57. The lowest BCUT2D eigenvalue weighted by atomic mass is 10.2. The molecule has 172 valence electrons. The van der Waals surface area contributed by atoms with Crippen molar-refractivity contribution >= 4 is 35.0 Å². The molecule has 2 N–H and O–H groups in total. The van der Waals surface area contributed by atoms with Crippen LogP contribution in [0, 0.1) is 12.7 Å². The maximum absolute atomic E-state index is 14.1. The highest BCUT2D eigenvalue weighted by Crippen LogP contribution is 2.27. The zero-order valence-electron chi connectivity index (χ0n) is 17.4. The number of nitrogens with one attached hydrogen (secondary N) is 2. The van der Waals surface area contributed by atoms with E-state index in [1.54, 1.807) is 31.2 Å². The smallest absolute Gasteiger partial charge is 0.294 e. The summed E-state index contributed by atoms with van der Waals surface area (Å²) < 4.78 is 20.8. The van der Waals surface area contributed by atoms with Gasteiger partial charge in [-0.2, -0.15) is 5.10 Å². The zero-order chi connectivity index (χ0) is 24.0. The quantitative estimate of drug-likeness (QED) is 0.387. The van der Waals surface area contributed by atoms with Gasteiger partial charge in [0.25, 0.3) is 5.91 Å². The molecular formula is C22H19Cl2FN4O4. The summed E-state index contributed by atoms with van der Waals surface area (Å²) in [5, 5.41) is 4.79. The van der Waals surface area contributed by atoms with E-state index < -0.39 is 28.8 Å². The number of hydrogen-bond acceptors (Lipinski definition) is 5. The summed E-state index contributed by atoms with van der Waals surface area (Å²) in [6, 6.07) is 11.8. The van der Waals surface area contributed by atoms with Crippen molar-refractivity contribution < 1.29 is 18.7 Å². The summed E-state index contributed by atoms with van der Waals surface area (Å²) in [5.41, 5.74) is 3.61. The number of hydrogen-bond donors (Lipinski definition) is 2. The van der Waals surface area contributed by atoms with Crippen LogP contribution < -0.4 is 21.0 Å². The van der Waals surface area contributed by atoms with Crippen molar-refractivity contribution in [2.75, 3.05) is 6.61 Å². The van der Waals surface area contributed by atoms with Crippen LogP contribution in [0.3, 0.4) is 0 Å². The third kappa shape index (κ3) is 6.30. The minimum atomic E-state index is -0.928. The Morgan fingerprint density at radius 2 is 1.88 bits per heavy atom. The standard InChI is InChI=1S/C22H19Cl2FN4O4/c1-13-11-18(30)21(28-29(13)17-6-3-2-5-16(17)25)22(32)27-26-20(31)7-4-10-33-19-9-8-14(23)12-15(19)24/h2-3,5-6,8-9,11-12H,4,7,10H2,1H3,(H,26,31)(H,27,32). The first-order valence-corrected chi connectivity index (χ1v) is 10.5. The number of nitrogens with zero attached hydrogens (tertiary/aromatic N) is 2. The lowest BCUT2D eigenvalue weighted by Crippen LogP contribution is -2.44. The molecular weight excluding hydrogens is 474 g/mol. The van der Waals surface area contributed by atoms with E-state index in [9.17, 15) is 18.8 Å². The molecule has 0 atom stereocenters. The van der Waals surface area contributed by atoms with Crippen molar-refractivity contribution in [3.8, 4) is 11.4 Å². The molecule has 0 unspecified atom stereocenters. The molecule has 0 bridgehead atoms. The maximum atomic E-state index is 14.1. The Labute approximate surface area is 198 Å². The molecule has 0 spiro atoms. The number of aryl methyl sites for hydroxylation is 1. The van der Waals surface area contributed by atoms with Crippen molar-refractivity contribution in [1.29, 1.82) is 0 Å². The largest absolute Gasteiger partial charge is 0.492 e. The predicted molar refractivity (Wildman–Crippen MR) is 121 cm³/mol. The van der Waals surface area contributed by atoms with Gasteiger partial charge in [0.05, 0.1) is 11.6 Å². The Bertz CT molecular complexity index is 1250. The third-order valence-electron chi connectivity index (χ3n) is 4.42. The number of ether oxygens (including phenoxy) is 1. The van der Waals surface area contributed by atoms with Gasteiger partial charge in [0.1, 0.15) is 17.3 Å². The van der Waals surface area contributed by atoms with E-state index >= 15 is 0 Å². The monoisotopic (exact) mass is 492 g/mol. The normalized spacial score (nSPS) is 10.5. The molecule has 0 fully saturated rings. The van der Waals surface area contributed by atoms with Crippen LogP contribution in [0.15, 0.2) is 53.3 Å². The number of benzene rings is 2.